The number of tetrazole rings is 1. The van der Waals surface area contributed by atoms with Gasteiger partial charge in [0.15, 0.2) is 0 Å². The van der Waals surface area contributed by atoms with Crippen molar-refractivity contribution in [3.63, 3.8) is 0 Å². The molecule has 1 N–H and O–H groups in total. The van der Waals surface area contributed by atoms with Gasteiger partial charge in [0.2, 0.25) is 11.1 Å². The summed E-state index contributed by atoms with van der Waals surface area (Å²) in [5.74, 6) is -0.145. The van der Waals surface area contributed by atoms with E-state index in [-0.39, 0.29) is 5.91 Å². The molecule has 0 radical (unpaired) electrons. The molecule has 1 atom stereocenters. The number of fused-ring (bicyclic) bond motifs is 1. The second-order valence-corrected chi connectivity index (χ2v) is 10.3. The quantitative estimate of drug-likeness (QED) is 0.454. The van der Waals surface area contributed by atoms with Gasteiger partial charge in [0.1, 0.15) is 11.1 Å². The Bertz CT molecular complexity index is 1030. The maximum atomic E-state index is 12.8. The lowest BCUT2D eigenvalue weighted by Crippen LogP contribution is -2.23. The molecule has 0 aromatic carbocycles. The first-order valence-electron chi connectivity index (χ1n) is 9.46. The van der Waals surface area contributed by atoms with Crippen LogP contribution in [0.3, 0.4) is 0 Å². The predicted octanol–water partition coefficient (Wildman–Crippen LogP) is 4.10. The summed E-state index contributed by atoms with van der Waals surface area (Å²) in [5.41, 5.74) is 1.77. The summed E-state index contributed by atoms with van der Waals surface area (Å²) in [6, 6.07) is 6.33. The maximum Gasteiger partial charge on any atom is 0.238 e. The average Bonchev–Trinajstić information content (AvgIpc) is 3.41. The van der Waals surface area contributed by atoms with Crippen molar-refractivity contribution < 1.29 is 4.79 Å². The number of thiophene rings is 2. The standard InChI is InChI=1S/C19H20N6OS3/c1-12(28-19-22-23-24-25(19)11-13-6-5-9-27-13)17(26)21-18-15(10-20)14-7-3-2-4-8-16(14)29-18/h5-6,9,12H,2-4,7-8,11H2,1H3,(H,21,26)/t12-/m0/s1. The summed E-state index contributed by atoms with van der Waals surface area (Å²) < 4.78 is 1.70. The summed E-state index contributed by atoms with van der Waals surface area (Å²) in [5, 5.41) is 27.4. The van der Waals surface area contributed by atoms with Gasteiger partial charge in [-0.1, -0.05) is 24.2 Å². The molecule has 0 bridgehead atoms. The number of anilines is 1. The van der Waals surface area contributed by atoms with Gasteiger partial charge in [-0.3, -0.25) is 4.79 Å². The second-order valence-electron chi connectivity index (χ2n) is 6.83. The van der Waals surface area contributed by atoms with Crippen LogP contribution in [0.15, 0.2) is 22.7 Å². The summed E-state index contributed by atoms with van der Waals surface area (Å²) in [6.07, 6.45) is 5.36. The first kappa shape index (κ1) is 20.1. The number of nitriles is 1. The van der Waals surface area contributed by atoms with Gasteiger partial charge in [-0.2, -0.15) is 5.26 Å². The number of carbonyl (C=O) groups is 1. The molecule has 0 unspecified atom stereocenters. The summed E-state index contributed by atoms with van der Waals surface area (Å²) in [6.45, 7) is 2.41. The van der Waals surface area contributed by atoms with Crippen molar-refractivity contribution in [1.82, 2.24) is 20.2 Å². The fourth-order valence-electron chi connectivity index (χ4n) is 3.30. The molecule has 150 valence electrons. The van der Waals surface area contributed by atoms with Crippen LogP contribution in [0.1, 0.15) is 47.1 Å². The van der Waals surface area contributed by atoms with E-state index in [1.54, 1.807) is 27.4 Å². The van der Waals surface area contributed by atoms with E-state index >= 15 is 0 Å². The zero-order valence-corrected chi connectivity index (χ0v) is 18.4. The molecule has 3 aromatic heterocycles. The third-order valence-corrected chi connectivity index (χ3v) is 7.95. The van der Waals surface area contributed by atoms with Crippen molar-refractivity contribution in [1.29, 1.82) is 5.26 Å². The van der Waals surface area contributed by atoms with Gasteiger partial charge in [-0.25, -0.2) is 4.68 Å². The van der Waals surface area contributed by atoms with E-state index in [4.69, 9.17) is 0 Å². The zero-order valence-electron chi connectivity index (χ0n) is 15.9. The van der Waals surface area contributed by atoms with E-state index < -0.39 is 5.25 Å². The van der Waals surface area contributed by atoms with Gasteiger partial charge in [-0.05, 0) is 60.0 Å². The minimum absolute atomic E-state index is 0.145. The lowest BCUT2D eigenvalue weighted by Gasteiger charge is -2.11. The van der Waals surface area contributed by atoms with Crippen molar-refractivity contribution >= 4 is 45.3 Å². The molecule has 3 heterocycles. The average molecular weight is 445 g/mol. The first-order valence-corrected chi connectivity index (χ1v) is 12.0. The van der Waals surface area contributed by atoms with E-state index in [1.807, 2.05) is 24.4 Å². The highest BCUT2D eigenvalue weighted by atomic mass is 32.2. The molecule has 1 amide bonds. The van der Waals surface area contributed by atoms with Gasteiger partial charge in [0.05, 0.1) is 17.4 Å². The first-order chi connectivity index (χ1) is 14.2. The zero-order chi connectivity index (χ0) is 20.2. The Kier molecular flexibility index (Phi) is 6.28. The SMILES string of the molecule is C[C@H](Sc1nnnn1Cc1cccs1)C(=O)Nc1sc2c(c1C#N)CCCCC2. The summed E-state index contributed by atoms with van der Waals surface area (Å²) in [4.78, 5) is 15.2. The van der Waals surface area contributed by atoms with E-state index in [0.717, 1.165) is 36.1 Å². The molecule has 0 saturated heterocycles. The van der Waals surface area contributed by atoms with Crippen molar-refractivity contribution in [2.24, 2.45) is 0 Å². The number of aryl methyl sites for hydroxylation is 1. The minimum atomic E-state index is -0.392. The molecule has 1 aliphatic rings. The summed E-state index contributed by atoms with van der Waals surface area (Å²) >= 11 is 4.51. The van der Waals surface area contributed by atoms with Gasteiger partial charge in [0, 0.05) is 9.75 Å². The lowest BCUT2D eigenvalue weighted by molar-refractivity contribution is -0.115. The number of hydrogen-bond donors (Lipinski definition) is 1. The van der Waals surface area contributed by atoms with Crippen LogP contribution in [0.25, 0.3) is 0 Å². The summed E-state index contributed by atoms with van der Waals surface area (Å²) in [7, 11) is 0. The van der Waals surface area contributed by atoms with Crippen LogP contribution < -0.4 is 5.32 Å². The normalized spacial score (nSPS) is 14.6. The smallest absolute Gasteiger partial charge is 0.238 e. The fraction of sp³-hybridized carbons (Fsp3) is 0.421. The molecule has 3 aromatic rings. The van der Waals surface area contributed by atoms with Gasteiger partial charge in [-0.15, -0.1) is 27.8 Å². The van der Waals surface area contributed by atoms with Crippen molar-refractivity contribution in [3.8, 4) is 6.07 Å². The molecular weight excluding hydrogens is 424 g/mol. The van der Waals surface area contributed by atoms with Crippen LogP contribution in [0.4, 0.5) is 5.00 Å². The number of rotatable bonds is 6. The van der Waals surface area contributed by atoms with Crippen LogP contribution in [0, 0.1) is 11.3 Å². The molecule has 0 spiro atoms. The number of amides is 1. The molecule has 7 nitrogen and oxygen atoms in total. The lowest BCUT2D eigenvalue weighted by atomic mass is 10.1. The molecule has 1 aliphatic carbocycles. The predicted molar refractivity (Wildman–Crippen MR) is 115 cm³/mol. The Balaban J connectivity index is 1.45. The van der Waals surface area contributed by atoms with Gasteiger partial charge >= 0.3 is 0 Å². The Labute approximate surface area is 181 Å². The van der Waals surface area contributed by atoms with Crippen molar-refractivity contribution in [2.75, 3.05) is 5.32 Å². The van der Waals surface area contributed by atoms with Gasteiger partial charge < -0.3 is 5.32 Å². The Morgan fingerprint density at radius 1 is 1.41 bits per heavy atom. The van der Waals surface area contributed by atoms with Crippen molar-refractivity contribution in [2.45, 2.75) is 56.0 Å². The van der Waals surface area contributed by atoms with E-state index in [1.165, 1.54) is 23.1 Å². The monoisotopic (exact) mass is 444 g/mol. The van der Waals surface area contributed by atoms with E-state index in [9.17, 15) is 10.1 Å². The van der Waals surface area contributed by atoms with Crippen LogP contribution in [-0.2, 0) is 24.2 Å². The minimum Gasteiger partial charge on any atom is -0.316 e. The third kappa shape index (κ3) is 4.52. The fourth-order valence-corrected chi connectivity index (χ4v) is 6.02. The number of hydrogen-bond acceptors (Lipinski definition) is 8. The second kappa shape index (κ2) is 9.07. The molecule has 29 heavy (non-hydrogen) atoms. The van der Waals surface area contributed by atoms with Crippen LogP contribution >= 0.6 is 34.4 Å². The molecule has 0 fully saturated rings. The highest BCUT2D eigenvalue weighted by Gasteiger charge is 2.24. The highest BCUT2D eigenvalue weighted by Crippen LogP contribution is 2.37. The number of carbonyl (C=O) groups excluding carboxylic acids is 1. The molecule has 0 aliphatic heterocycles. The number of thioether (sulfide) groups is 1. The van der Waals surface area contributed by atoms with E-state index in [0.29, 0.717) is 22.3 Å². The number of nitrogens with zero attached hydrogens (tertiary/aromatic N) is 5. The Hall–Kier alpha value is -2.22. The highest BCUT2D eigenvalue weighted by molar-refractivity contribution is 8.00. The van der Waals surface area contributed by atoms with Crippen LogP contribution in [-0.4, -0.2) is 31.4 Å². The maximum absolute atomic E-state index is 12.8. The van der Waals surface area contributed by atoms with Crippen LogP contribution in [0.2, 0.25) is 0 Å². The van der Waals surface area contributed by atoms with Crippen molar-refractivity contribution in [3.05, 3.63) is 38.4 Å². The molecule has 10 heteroatoms. The molecular formula is C19H20N6OS3. The van der Waals surface area contributed by atoms with Crippen LogP contribution in [0.5, 0.6) is 0 Å². The number of nitrogens with one attached hydrogen (secondary N) is 1. The Morgan fingerprint density at radius 3 is 3.07 bits per heavy atom. The largest absolute Gasteiger partial charge is 0.316 e. The third-order valence-electron chi connectivity index (χ3n) is 4.81. The topological polar surface area (TPSA) is 96.5 Å². The number of aromatic nitrogens is 4. The van der Waals surface area contributed by atoms with E-state index in [2.05, 4.69) is 26.9 Å². The Morgan fingerprint density at radius 2 is 2.28 bits per heavy atom. The molecule has 4 rings (SSSR count). The van der Waals surface area contributed by atoms with Gasteiger partial charge in [0.25, 0.3) is 0 Å². The molecule has 0 saturated carbocycles.